The van der Waals surface area contributed by atoms with Gasteiger partial charge in [0.25, 0.3) is 8.32 Å². The van der Waals surface area contributed by atoms with Crippen LogP contribution < -0.4 is 10.4 Å². The van der Waals surface area contributed by atoms with E-state index in [0.717, 1.165) is 83.5 Å². The molecule has 6 fully saturated rings. The van der Waals surface area contributed by atoms with Gasteiger partial charge >= 0.3 is 0 Å². The second kappa shape index (κ2) is 20.1. The van der Waals surface area contributed by atoms with Crippen LogP contribution in [0.5, 0.6) is 0 Å². The molecule has 0 bridgehead atoms. The second-order valence-corrected chi connectivity index (χ2v) is 28.7. The molecule has 0 spiro atoms. The molecule has 0 saturated heterocycles. The average Bonchev–Trinajstić information content (AvgIpc) is 3.77. The third-order valence-corrected chi connectivity index (χ3v) is 25.6. The molecule has 65 heavy (non-hydrogen) atoms. The molecule has 2 aromatic carbocycles. The first-order valence-electron chi connectivity index (χ1n) is 26.1. The van der Waals surface area contributed by atoms with E-state index in [9.17, 15) is 25.5 Å². The normalized spacial score (nSPS) is 39.9. The number of allylic oxidation sites excluding steroid dienone is 2. The smallest absolute Gasteiger partial charge is 0.261 e. The maximum atomic E-state index is 10.9. The van der Waals surface area contributed by atoms with Crippen molar-refractivity contribution in [1.29, 1.82) is 0 Å². The molecule has 2 aromatic rings. The Morgan fingerprint density at radius 1 is 0.585 bits per heavy atom. The van der Waals surface area contributed by atoms with Crippen molar-refractivity contribution in [3.05, 3.63) is 85.0 Å². The van der Waals surface area contributed by atoms with Crippen LogP contribution in [0.15, 0.2) is 85.0 Å². The predicted octanol–water partition coefficient (Wildman–Crippen LogP) is 10.6. The summed E-state index contributed by atoms with van der Waals surface area (Å²) in [6, 6.07) is 21.8. The number of benzene rings is 2. The van der Waals surface area contributed by atoms with Gasteiger partial charge in [-0.1, -0.05) is 133 Å². The zero-order valence-corrected chi connectivity index (χ0v) is 42.7. The second-order valence-electron chi connectivity index (χ2n) is 24.4. The van der Waals surface area contributed by atoms with E-state index in [0.29, 0.717) is 54.0 Å². The Kier molecular flexibility index (Phi) is 15.7. The van der Waals surface area contributed by atoms with Gasteiger partial charge in [-0.05, 0) is 187 Å². The van der Waals surface area contributed by atoms with Gasteiger partial charge in [-0.25, -0.2) is 0 Å². The first-order valence-corrected chi connectivity index (χ1v) is 28.0. The Morgan fingerprint density at radius 3 is 1.38 bits per heavy atom. The lowest BCUT2D eigenvalue weighted by Gasteiger charge is -2.56. The molecule has 8 rings (SSSR count). The molecular formula is C58H90O6Si. The molecule has 0 aliphatic heterocycles. The summed E-state index contributed by atoms with van der Waals surface area (Å²) in [7, 11) is -2.60. The van der Waals surface area contributed by atoms with Gasteiger partial charge in [-0.15, -0.1) is 0 Å². The monoisotopic (exact) mass is 911 g/mol. The van der Waals surface area contributed by atoms with Gasteiger partial charge in [-0.3, -0.25) is 0 Å². The van der Waals surface area contributed by atoms with E-state index in [1.165, 1.54) is 40.8 Å². The first-order chi connectivity index (χ1) is 30.8. The summed E-state index contributed by atoms with van der Waals surface area (Å²) >= 11 is 0. The molecule has 14 atom stereocenters. The molecule has 7 heteroatoms. The fraction of sp³-hybridized carbons (Fsp3) is 0.724. The van der Waals surface area contributed by atoms with Gasteiger partial charge in [0, 0.05) is 26.4 Å². The fourth-order valence-electron chi connectivity index (χ4n) is 16.5. The van der Waals surface area contributed by atoms with Crippen molar-refractivity contribution < 1.29 is 30.0 Å². The molecule has 0 heterocycles. The maximum Gasteiger partial charge on any atom is 0.261 e. The van der Waals surface area contributed by atoms with Crippen molar-refractivity contribution in [2.75, 3.05) is 26.4 Å². The molecular weight excluding hydrogens is 821 g/mol. The van der Waals surface area contributed by atoms with Gasteiger partial charge in [0.15, 0.2) is 0 Å². The molecule has 6 aliphatic carbocycles. The van der Waals surface area contributed by atoms with Crippen molar-refractivity contribution in [2.24, 2.45) is 69.0 Å². The maximum absolute atomic E-state index is 10.9. The highest BCUT2D eigenvalue weighted by atomic mass is 28.4. The van der Waals surface area contributed by atoms with Crippen LogP contribution in [0.25, 0.3) is 0 Å². The number of hydrogen-bond donors (Lipinski definition) is 5. The van der Waals surface area contributed by atoms with E-state index < -0.39 is 8.32 Å². The van der Waals surface area contributed by atoms with Crippen LogP contribution in [0.1, 0.15) is 151 Å². The third kappa shape index (κ3) is 9.26. The van der Waals surface area contributed by atoms with Crippen molar-refractivity contribution >= 4 is 18.7 Å². The topological polar surface area (TPSA) is 110 Å². The summed E-state index contributed by atoms with van der Waals surface area (Å²) in [6.45, 7) is 26.9. The predicted molar refractivity (Wildman–Crippen MR) is 269 cm³/mol. The summed E-state index contributed by atoms with van der Waals surface area (Å²) in [6.07, 6.45) is 15.9. The van der Waals surface area contributed by atoms with Crippen LogP contribution in [0.3, 0.4) is 0 Å². The van der Waals surface area contributed by atoms with Crippen LogP contribution in [-0.2, 0) is 4.43 Å². The summed E-state index contributed by atoms with van der Waals surface area (Å²) in [4.78, 5) is 0. The summed E-state index contributed by atoms with van der Waals surface area (Å²) in [5, 5.41) is 54.3. The molecule has 4 unspecified atom stereocenters. The minimum absolute atomic E-state index is 0.0498. The highest BCUT2D eigenvalue weighted by molar-refractivity contribution is 6.99. The molecule has 5 N–H and O–H groups in total. The Hall–Kier alpha value is -2.10. The van der Waals surface area contributed by atoms with Crippen molar-refractivity contribution in [1.82, 2.24) is 0 Å². The molecule has 6 aliphatic rings. The Labute approximate surface area is 395 Å². The van der Waals surface area contributed by atoms with Crippen LogP contribution >= 0.6 is 0 Å². The van der Waals surface area contributed by atoms with Gasteiger partial charge in [-0.2, -0.15) is 0 Å². The highest BCUT2D eigenvalue weighted by Crippen LogP contribution is 2.65. The van der Waals surface area contributed by atoms with Gasteiger partial charge in [0.2, 0.25) is 0 Å². The number of rotatable bonds is 12. The zero-order chi connectivity index (χ0) is 47.0. The van der Waals surface area contributed by atoms with E-state index in [1.807, 2.05) is 0 Å². The van der Waals surface area contributed by atoms with E-state index in [4.69, 9.17) is 4.43 Å². The quantitative estimate of drug-likeness (QED) is 0.107. The number of aliphatic hydroxyl groups excluding tert-OH is 5. The molecule has 0 aromatic heterocycles. The highest BCUT2D eigenvalue weighted by Gasteiger charge is 2.59. The van der Waals surface area contributed by atoms with E-state index in [1.54, 1.807) is 0 Å². The summed E-state index contributed by atoms with van der Waals surface area (Å²) in [5.41, 5.74) is 3.39. The molecule has 0 amide bonds. The van der Waals surface area contributed by atoms with Gasteiger partial charge in [0.05, 0.1) is 12.2 Å². The summed E-state index contributed by atoms with van der Waals surface area (Å²) < 4.78 is 7.33. The first kappa shape index (κ1) is 50.8. The average molecular weight is 911 g/mol. The largest absolute Gasteiger partial charge is 0.407 e. The van der Waals surface area contributed by atoms with Gasteiger partial charge in [0.1, 0.15) is 0 Å². The number of aliphatic hydroxyl groups is 5. The van der Waals surface area contributed by atoms with Crippen molar-refractivity contribution in [3.8, 4) is 0 Å². The SMILES string of the molecule is C=C1CCC2[C@H](CO)C([C@@]3(C)CC[C@H](O)C[C@@H]3CCO)CC[C@]12C.C=C1CCC2[C@H](CO)C([C@@]3(C)CC[C@H](O)C[C@@H]3CCO[Si](c3ccccc3)(c3ccccc3)C(C)(C)C)CC[C@]12C. The lowest BCUT2D eigenvalue weighted by atomic mass is 9.49. The Bertz CT molecular complexity index is 1860. The standard InChI is InChI=1S/C37H54O3Si.C21H36O3/c1-27-17-18-33-32(26-38)34(20-23-36(27,33)5)37(6)22-19-29(39)25-28(37)21-24-40-41(35(2,3)4,30-13-9-7-10-14-30)31-15-11-8-12-16-31;1-14-4-5-18-17(13-23)19(7-10-20(14,18)2)21(3)9-6-16(24)12-15(21)8-11-22/h7-16,28-29,32-34,38-39H,1,17-26H2,2-6H3;15-19,22-24H,1,4-13H2,2-3H3/t28-,29-,32-,33?,34?,36+,37-;15-,16-,17-,18?,19?,20+,21-/m00/s1. The minimum Gasteiger partial charge on any atom is -0.407 e. The van der Waals surface area contributed by atoms with Crippen LogP contribution in [0.2, 0.25) is 5.04 Å². The Morgan fingerprint density at radius 2 is 1.00 bits per heavy atom. The van der Waals surface area contributed by atoms with E-state index in [-0.39, 0.29) is 58.7 Å². The Balaban J connectivity index is 0.000000223. The summed E-state index contributed by atoms with van der Waals surface area (Å²) in [5.74, 6) is 3.43. The lowest BCUT2D eigenvalue weighted by Crippen LogP contribution is -2.66. The van der Waals surface area contributed by atoms with Crippen molar-refractivity contribution in [2.45, 2.75) is 168 Å². The fourth-order valence-corrected chi connectivity index (χ4v) is 21.1. The number of fused-ring (bicyclic) bond motifs is 2. The molecule has 362 valence electrons. The van der Waals surface area contributed by atoms with Gasteiger partial charge < -0.3 is 30.0 Å². The van der Waals surface area contributed by atoms with E-state index in [2.05, 4.69) is 122 Å². The van der Waals surface area contributed by atoms with Crippen LogP contribution in [-0.4, -0.2) is 72.5 Å². The minimum atomic E-state index is -2.60. The number of hydrogen-bond acceptors (Lipinski definition) is 6. The molecule has 0 radical (unpaired) electrons. The molecule has 6 saturated carbocycles. The van der Waals surface area contributed by atoms with Crippen molar-refractivity contribution in [3.63, 3.8) is 0 Å². The van der Waals surface area contributed by atoms with Crippen LogP contribution in [0.4, 0.5) is 0 Å². The third-order valence-electron chi connectivity index (χ3n) is 20.6. The van der Waals surface area contributed by atoms with E-state index >= 15 is 0 Å². The molecule has 6 nitrogen and oxygen atoms in total. The zero-order valence-electron chi connectivity index (χ0n) is 41.7. The lowest BCUT2D eigenvalue weighted by molar-refractivity contribution is -0.0977. The van der Waals surface area contributed by atoms with Crippen LogP contribution in [0, 0.1) is 69.0 Å².